The molecule has 1 amide bonds. The third-order valence-electron chi connectivity index (χ3n) is 2.46. The summed E-state index contributed by atoms with van der Waals surface area (Å²) in [7, 11) is 0. The Balaban J connectivity index is 1.83. The fraction of sp³-hybridized carbons (Fsp3) is 0.364. The fourth-order valence-corrected chi connectivity index (χ4v) is 2.49. The van der Waals surface area contributed by atoms with Gasteiger partial charge in [0.1, 0.15) is 0 Å². The van der Waals surface area contributed by atoms with E-state index >= 15 is 0 Å². The topological polar surface area (TPSA) is 76.1 Å². The molecule has 0 saturated carbocycles. The molecule has 1 aromatic rings. The van der Waals surface area contributed by atoms with Crippen molar-refractivity contribution in [3.63, 3.8) is 0 Å². The summed E-state index contributed by atoms with van der Waals surface area (Å²) < 4.78 is 22.2. The number of amides is 1. The van der Waals surface area contributed by atoms with E-state index in [4.69, 9.17) is 14.0 Å². The molecule has 1 N–H and O–H groups in total. The minimum atomic E-state index is -1.91. The number of rotatable bonds is 4. The minimum Gasteiger partial charge on any atom is -0.464 e. The average molecular weight is 271 g/mol. The molecule has 6 nitrogen and oxygen atoms in total. The van der Waals surface area contributed by atoms with E-state index in [-0.39, 0.29) is 13.2 Å². The number of carbonyl (C=O) groups is 1. The Morgan fingerprint density at radius 1 is 1.50 bits per heavy atom. The molecule has 2 rings (SSSR count). The van der Waals surface area contributed by atoms with Crippen LogP contribution in [0.5, 0.6) is 0 Å². The van der Waals surface area contributed by atoms with Crippen molar-refractivity contribution in [1.82, 2.24) is 4.31 Å². The molecule has 1 aliphatic rings. The van der Waals surface area contributed by atoms with Crippen LogP contribution in [0.25, 0.3) is 0 Å². The molecule has 0 aliphatic carbocycles. The number of carboxylic acid groups (broad SMARTS) is 1. The number of nitrogens with zero attached hydrogens (tertiary/aromatic N) is 1. The van der Waals surface area contributed by atoms with Crippen LogP contribution in [0.15, 0.2) is 30.3 Å². The Kier molecular flexibility index (Phi) is 4.29. The lowest BCUT2D eigenvalue weighted by atomic mass is 10.2. The highest BCUT2D eigenvalue weighted by Crippen LogP contribution is 2.16. The molecule has 1 aliphatic heterocycles. The first kappa shape index (κ1) is 13.0. The maximum absolute atomic E-state index is 11.2. The Bertz CT molecular complexity index is 438. The van der Waals surface area contributed by atoms with E-state index in [2.05, 4.69) is 0 Å². The highest BCUT2D eigenvalue weighted by atomic mass is 32.2. The van der Waals surface area contributed by atoms with Crippen LogP contribution in [0, 0.1) is 0 Å². The molecule has 0 spiro atoms. The zero-order valence-corrected chi connectivity index (χ0v) is 10.3. The van der Waals surface area contributed by atoms with Crippen LogP contribution in [0.4, 0.5) is 4.79 Å². The maximum atomic E-state index is 11.2. The first-order valence-corrected chi connectivity index (χ1v) is 6.40. The normalized spacial score (nSPS) is 23.2. The van der Waals surface area contributed by atoms with Crippen molar-refractivity contribution in [2.24, 2.45) is 0 Å². The molecule has 1 unspecified atom stereocenters. The molecule has 1 heterocycles. The van der Waals surface area contributed by atoms with Gasteiger partial charge in [-0.2, -0.15) is 4.31 Å². The lowest BCUT2D eigenvalue weighted by molar-refractivity contribution is 0.0752. The summed E-state index contributed by atoms with van der Waals surface area (Å²) in [6.07, 6.45) is -1.26. The average Bonchev–Trinajstić information content (AvgIpc) is 2.72. The van der Waals surface area contributed by atoms with Crippen molar-refractivity contribution in [3.8, 4) is 0 Å². The van der Waals surface area contributed by atoms with Gasteiger partial charge in [-0.3, -0.25) is 4.18 Å². The van der Waals surface area contributed by atoms with Crippen LogP contribution in [-0.2, 0) is 26.8 Å². The summed E-state index contributed by atoms with van der Waals surface area (Å²) in [4.78, 5) is 10.9. The zero-order valence-electron chi connectivity index (χ0n) is 9.52. The van der Waals surface area contributed by atoms with E-state index in [0.717, 1.165) is 9.87 Å². The SMILES string of the molecule is O=C(O)N1[C@H](COCc2ccccc2)COS1=O. The van der Waals surface area contributed by atoms with Gasteiger partial charge in [0.05, 0.1) is 25.9 Å². The molecule has 0 bridgehead atoms. The second-order valence-corrected chi connectivity index (χ2v) is 4.83. The molecule has 7 heteroatoms. The standard InChI is InChI=1S/C11H13NO5S/c13-11(14)12-10(8-17-18(12)15)7-16-6-9-4-2-1-3-5-9/h1-5,10H,6-8H2,(H,13,14)/t10-,18?/m1/s1. The quantitative estimate of drug-likeness (QED) is 0.889. The molecule has 1 saturated heterocycles. The van der Waals surface area contributed by atoms with Crippen molar-refractivity contribution in [3.05, 3.63) is 35.9 Å². The van der Waals surface area contributed by atoms with Crippen LogP contribution in [0.1, 0.15) is 5.56 Å². The van der Waals surface area contributed by atoms with Gasteiger partial charge >= 0.3 is 6.09 Å². The molecular weight excluding hydrogens is 258 g/mol. The van der Waals surface area contributed by atoms with Crippen LogP contribution in [0.2, 0.25) is 0 Å². The van der Waals surface area contributed by atoms with E-state index in [9.17, 15) is 9.00 Å². The van der Waals surface area contributed by atoms with Gasteiger partial charge in [0, 0.05) is 0 Å². The van der Waals surface area contributed by atoms with E-state index in [1.807, 2.05) is 30.3 Å². The lowest BCUT2D eigenvalue weighted by Crippen LogP contribution is -2.38. The molecule has 0 radical (unpaired) electrons. The molecule has 0 aromatic heterocycles. The van der Waals surface area contributed by atoms with Crippen LogP contribution in [0.3, 0.4) is 0 Å². The smallest absolute Gasteiger partial charge is 0.421 e. The van der Waals surface area contributed by atoms with E-state index in [1.54, 1.807) is 0 Å². The Morgan fingerprint density at radius 2 is 2.22 bits per heavy atom. The van der Waals surface area contributed by atoms with Gasteiger partial charge < -0.3 is 9.84 Å². The van der Waals surface area contributed by atoms with Crippen LogP contribution in [-0.4, -0.2) is 39.0 Å². The van der Waals surface area contributed by atoms with Crippen molar-refractivity contribution < 1.29 is 23.0 Å². The van der Waals surface area contributed by atoms with E-state index in [1.165, 1.54) is 0 Å². The highest BCUT2D eigenvalue weighted by molar-refractivity contribution is 7.78. The first-order valence-electron chi connectivity index (χ1n) is 5.37. The molecule has 18 heavy (non-hydrogen) atoms. The van der Waals surface area contributed by atoms with Crippen molar-refractivity contribution in [2.45, 2.75) is 12.6 Å². The van der Waals surface area contributed by atoms with Gasteiger partial charge in [-0.25, -0.2) is 9.00 Å². The number of hydrogen-bond acceptors (Lipinski definition) is 4. The predicted molar refractivity (Wildman–Crippen MR) is 63.8 cm³/mol. The van der Waals surface area contributed by atoms with Crippen molar-refractivity contribution >= 4 is 17.4 Å². The third-order valence-corrected chi connectivity index (χ3v) is 3.58. The van der Waals surface area contributed by atoms with Crippen LogP contribution >= 0.6 is 0 Å². The monoisotopic (exact) mass is 271 g/mol. The number of benzene rings is 1. The summed E-state index contributed by atoms with van der Waals surface area (Å²) in [5.74, 6) is 0. The predicted octanol–water partition coefficient (Wildman–Crippen LogP) is 1.16. The zero-order chi connectivity index (χ0) is 13.0. The second kappa shape index (κ2) is 5.94. The Hall–Kier alpha value is -1.44. The molecular formula is C11H13NO5S. The summed E-state index contributed by atoms with van der Waals surface area (Å²) in [5.41, 5.74) is 0.999. The Labute approximate surface area is 107 Å². The van der Waals surface area contributed by atoms with E-state index < -0.39 is 23.4 Å². The summed E-state index contributed by atoms with van der Waals surface area (Å²) in [5, 5.41) is 8.87. The second-order valence-electron chi connectivity index (χ2n) is 3.76. The van der Waals surface area contributed by atoms with Gasteiger partial charge in [-0.1, -0.05) is 30.3 Å². The summed E-state index contributed by atoms with van der Waals surface area (Å²) in [6, 6.07) is 9.01. The van der Waals surface area contributed by atoms with Gasteiger partial charge in [-0.05, 0) is 5.56 Å². The lowest BCUT2D eigenvalue weighted by Gasteiger charge is -2.16. The van der Waals surface area contributed by atoms with Crippen molar-refractivity contribution in [1.29, 1.82) is 0 Å². The van der Waals surface area contributed by atoms with Gasteiger partial charge in [0.15, 0.2) is 0 Å². The molecule has 1 aromatic carbocycles. The van der Waals surface area contributed by atoms with Gasteiger partial charge in [-0.15, -0.1) is 0 Å². The molecule has 1 fully saturated rings. The van der Waals surface area contributed by atoms with E-state index in [0.29, 0.717) is 6.61 Å². The maximum Gasteiger partial charge on any atom is 0.421 e. The van der Waals surface area contributed by atoms with Gasteiger partial charge in [0.2, 0.25) is 0 Å². The van der Waals surface area contributed by atoms with Crippen molar-refractivity contribution in [2.75, 3.05) is 13.2 Å². The number of ether oxygens (including phenoxy) is 1. The first-order chi connectivity index (χ1) is 8.68. The molecule has 2 atom stereocenters. The summed E-state index contributed by atoms with van der Waals surface area (Å²) in [6.45, 7) is 0.637. The fourth-order valence-electron chi connectivity index (χ4n) is 1.61. The minimum absolute atomic E-state index is 0.0910. The highest BCUT2D eigenvalue weighted by Gasteiger charge is 2.36. The van der Waals surface area contributed by atoms with Crippen LogP contribution < -0.4 is 0 Å². The Morgan fingerprint density at radius 3 is 2.89 bits per heavy atom. The number of hydrogen-bond donors (Lipinski definition) is 1. The largest absolute Gasteiger partial charge is 0.464 e. The third kappa shape index (κ3) is 3.06. The summed E-state index contributed by atoms with van der Waals surface area (Å²) >= 11 is -1.91. The van der Waals surface area contributed by atoms with Gasteiger partial charge in [0.25, 0.3) is 11.3 Å². The molecule has 98 valence electrons.